The molecule has 0 amide bonds. The molecule has 2 heterocycles. The van der Waals surface area contributed by atoms with E-state index in [1.54, 1.807) is 25.4 Å². The molecular formula is C9H8N6. The van der Waals surface area contributed by atoms with Crippen molar-refractivity contribution in [3.05, 3.63) is 29.7 Å². The summed E-state index contributed by atoms with van der Waals surface area (Å²) in [5.74, 6) is 0.626. The third-order valence-corrected chi connectivity index (χ3v) is 1.95. The quantitative estimate of drug-likeness (QED) is 0.720. The Morgan fingerprint density at radius 2 is 2.07 bits per heavy atom. The van der Waals surface area contributed by atoms with Crippen molar-refractivity contribution in [2.24, 2.45) is 0 Å². The number of nitriles is 1. The maximum Gasteiger partial charge on any atom is 0.252 e. The predicted molar refractivity (Wildman–Crippen MR) is 53.0 cm³/mol. The highest BCUT2D eigenvalue weighted by Gasteiger charge is 2.14. The molecule has 74 valence electrons. The van der Waals surface area contributed by atoms with Crippen LogP contribution in [0.1, 0.15) is 11.3 Å². The van der Waals surface area contributed by atoms with Crippen LogP contribution < -0.4 is 5.73 Å². The van der Waals surface area contributed by atoms with E-state index in [2.05, 4.69) is 15.1 Å². The van der Waals surface area contributed by atoms with Crippen molar-refractivity contribution in [1.82, 2.24) is 19.7 Å². The molecule has 0 aliphatic rings. The highest BCUT2D eigenvalue weighted by atomic mass is 15.4. The Kier molecular flexibility index (Phi) is 2.06. The maximum atomic E-state index is 8.84. The van der Waals surface area contributed by atoms with Crippen LogP contribution in [0.15, 0.2) is 18.5 Å². The molecule has 0 aromatic carbocycles. The minimum atomic E-state index is 0.265. The topological polar surface area (TPSA) is 93.4 Å². The molecule has 2 N–H and O–H groups in total. The van der Waals surface area contributed by atoms with E-state index in [1.807, 2.05) is 6.07 Å². The van der Waals surface area contributed by atoms with E-state index in [9.17, 15) is 0 Å². The Morgan fingerprint density at radius 1 is 1.40 bits per heavy atom. The Hall–Kier alpha value is -2.42. The summed E-state index contributed by atoms with van der Waals surface area (Å²) in [7, 11) is 0. The standard InChI is InChI=1S/C9H8N6/c1-6-7(5-10)8(11)15(14-6)9-12-3-2-4-13-9/h2-4H,11H2,1H3. The van der Waals surface area contributed by atoms with Crippen molar-refractivity contribution in [3.8, 4) is 12.0 Å². The number of aromatic nitrogens is 4. The number of aryl methyl sites for hydroxylation is 1. The van der Waals surface area contributed by atoms with Crippen LogP contribution >= 0.6 is 0 Å². The van der Waals surface area contributed by atoms with Gasteiger partial charge in [0.25, 0.3) is 5.95 Å². The van der Waals surface area contributed by atoms with Gasteiger partial charge >= 0.3 is 0 Å². The zero-order valence-electron chi connectivity index (χ0n) is 8.05. The minimum Gasteiger partial charge on any atom is -0.382 e. The van der Waals surface area contributed by atoms with Crippen molar-refractivity contribution >= 4 is 5.82 Å². The Labute approximate surface area is 86.0 Å². The lowest BCUT2D eigenvalue weighted by Crippen LogP contribution is -2.06. The molecule has 0 bridgehead atoms. The van der Waals surface area contributed by atoms with Crippen LogP contribution in [0.25, 0.3) is 5.95 Å². The van der Waals surface area contributed by atoms with E-state index < -0.39 is 0 Å². The lowest BCUT2D eigenvalue weighted by atomic mass is 10.3. The number of hydrogen-bond acceptors (Lipinski definition) is 5. The van der Waals surface area contributed by atoms with Gasteiger partial charge in [-0.05, 0) is 13.0 Å². The number of nitrogen functional groups attached to an aromatic ring is 1. The van der Waals surface area contributed by atoms with Gasteiger partial charge in [0.2, 0.25) is 0 Å². The highest BCUT2D eigenvalue weighted by molar-refractivity contribution is 5.53. The lowest BCUT2D eigenvalue weighted by molar-refractivity contribution is 0.805. The first-order valence-electron chi connectivity index (χ1n) is 4.26. The van der Waals surface area contributed by atoms with E-state index in [0.29, 0.717) is 17.2 Å². The van der Waals surface area contributed by atoms with Crippen molar-refractivity contribution < 1.29 is 0 Å². The van der Waals surface area contributed by atoms with Gasteiger partial charge in [-0.25, -0.2) is 9.97 Å². The molecule has 6 heteroatoms. The second-order valence-electron chi connectivity index (χ2n) is 2.92. The Morgan fingerprint density at radius 3 is 2.60 bits per heavy atom. The van der Waals surface area contributed by atoms with Crippen LogP contribution in [0.5, 0.6) is 0 Å². The molecule has 15 heavy (non-hydrogen) atoms. The molecule has 0 aliphatic heterocycles. The molecule has 0 radical (unpaired) electrons. The van der Waals surface area contributed by atoms with Gasteiger partial charge in [-0.1, -0.05) is 0 Å². The molecule has 2 rings (SSSR count). The van der Waals surface area contributed by atoms with E-state index in [4.69, 9.17) is 11.0 Å². The van der Waals surface area contributed by atoms with Gasteiger partial charge in [0.15, 0.2) is 0 Å². The summed E-state index contributed by atoms with van der Waals surface area (Å²) >= 11 is 0. The average molecular weight is 200 g/mol. The second kappa shape index (κ2) is 3.38. The van der Waals surface area contributed by atoms with Gasteiger partial charge in [-0.15, -0.1) is 0 Å². The van der Waals surface area contributed by atoms with E-state index in [0.717, 1.165) is 0 Å². The zero-order chi connectivity index (χ0) is 10.8. The van der Waals surface area contributed by atoms with E-state index in [1.165, 1.54) is 4.68 Å². The van der Waals surface area contributed by atoms with Crippen LogP contribution in [0, 0.1) is 18.3 Å². The number of rotatable bonds is 1. The molecular weight excluding hydrogens is 192 g/mol. The van der Waals surface area contributed by atoms with Crippen LogP contribution in [0.3, 0.4) is 0 Å². The largest absolute Gasteiger partial charge is 0.382 e. The lowest BCUT2D eigenvalue weighted by Gasteiger charge is -1.99. The molecule has 0 saturated carbocycles. The van der Waals surface area contributed by atoms with Gasteiger partial charge in [0.1, 0.15) is 17.5 Å². The normalized spacial score (nSPS) is 9.87. The summed E-state index contributed by atoms with van der Waals surface area (Å²) in [6, 6.07) is 3.69. The predicted octanol–water partition coefficient (Wildman–Crippen LogP) is 0.425. The summed E-state index contributed by atoms with van der Waals surface area (Å²) in [4.78, 5) is 8.00. The average Bonchev–Trinajstić information content (AvgIpc) is 2.55. The SMILES string of the molecule is Cc1nn(-c2ncccn2)c(N)c1C#N. The molecule has 0 fully saturated rings. The third-order valence-electron chi connectivity index (χ3n) is 1.95. The van der Waals surface area contributed by atoms with Gasteiger partial charge in [0.05, 0.1) is 5.69 Å². The first kappa shape index (κ1) is 9.15. The monoisotopic (exact) mass is 200 g/mol. The van der Waals surface area contributed by atoms with Crippen LogP contribution in [0.4, 0.5) is 5.82 Å². The fraction of sp³-hybridized carbons (Fsp3) is 0.111. The van der Waals surface area contributed by atoms with Gasteiger partial charge in [-0.2, -0.15) is 15.0 Å². The van der Waals surface area contributed by atoms with E-state index >= 15 is 0 Å². The molecule has 6 nitrogen and oxygen atoms in total. The number of nitrogens with two attached hydrogens (primary N) is 1. The molecule has 0 aliphatic carbocycles. The van der Waals surface area contributed by atoms with Gasteiger partial charge in [0, 0.05) is 12.4 Å². The summed E-state index contributed by atoms with van der Waals surface area (Å²) in [6.07, 6.45) is 3.18. The number of hydrogen-bond donors (Lipinski definition) is 1. The second-order valence-corrected chi connectivity index (χ2v) is 2.92. The van der Waals surface area contributed by atoms with Crippen molar-refractivity contribution in [2.45, 2.75) is 6.92 Å². The number of nitrogens with zero attached hydrogens (tertiary/aromatic N) is 5. The Balaban J connectivity index is 2.62. The van der Waals surface area contributed by atoms with Crippen molar-refractivity contribution in [1.29, 1.82) is 5.26 Å². The van der Waals surface area contributed by atoms with Gasteiger partial charge in [-0.3, -0.25) is 0 Å². The zero-order valence-corrected chi connectivity index (χ0v) is 8.05. The molecule has 2 aromatic rings. The first-order valence-corrected chi connectivity index (χ1v) is 4.26. The summed E-state index contributed by atoms with van der Waals surface area (Å²) in [6.45, 7) is 1.72. The van der Waals surface area contributed by atoms with Gasteiger partial charge < -0.3 is 5.73 Å². The minimum absolute atomic E-state index is 0.265. The smallest absolute Gasteiger partial charge is 0.252 e. The highest BCUT2D eigenvalue weighted by Crippen LogP contribution is 2.16. The molecule has 0 spiro atoms. The van der Waals surface area contributed by atoms with Crippen LogP contribution in [-0.2, 0) is 0 Å². The maximum absolute atomic E-state index is 8.84. The van der Waals surface area contributed by atoms with Crippen LogP contribution in [-0.4, -0.2) is 19.7 Å². The molecule has 0 atom stereocenters. The molecule has 2 aromatic heterocycles. The summed E-state index contributed by atoms with van der Waals surface area (Å²) in [5, 5.41) is 12.9. The van der Waals surface area contributed by atoms with Crippen molar-refractivity contribution in [2.75, 3.05) is 5.73 Å². The molecule has 0 unspecified atom stereocenters. The van der Waals surface area contributed by atoms with E-state index in [-0.39, 0.29) is 5.82 Å². The Bertz CT molecular complexity index is 522. The first-order chi connectivity index (χ1) is 7.24. The van der Waals surface area contributed by atoms with Crippen molar-refractivity contribution in [3.63, 3.8) is 0 Å². The third kappa shape index (κ3) is 1.40. The fourth-order valence-electron chi connectivity index (χ4n) is 1.24. The number of anilines is 1. The summed E-state index contributed by atoms with van der Waals surface area (Å²) < 4.78 is 1.36. The fourth-order valence-corrected chi connectivity index (χ4v) is 1.24. The summed E-state index contributed by atoms with van der Waals surface area (Å²) in [5.41, 5.74) is 6.68. The van der Waals surface area contributed by atoms with Crippen LogP contribution in [0.2, 0.25) is 0 Å². The molecule has 0 saturated heterocycles.